The highest BCUT2D eigenvalue weighted by molar-refractivity contribution is 6.34. The lowest BCUT2D eigenvalue weighted by molar-refractivity contribution is -0.171. The van der Waals surface area contributed by atoms with E-state index in [9.17, 15) is 19.2 Å². The van der Waals surface area contributed by atoms with E-state index in [1.165, 1.54) is 6.92 Å². The minimum absolute atomic E-state index is 0.0194. The number of nitrogens with two attached hydrogens (primary N) is 1. The second-order valence-corrected chi connectivity index (χ2v) is 2.58. The summed E-state index contributed by atoms with van der Waals surface area (Å²) in [6.45, 7) is 1.42. The van der Waals surface area contributed by atoms with Crippen molar-refractivity contribution in [3.63, 3.8) is 0 Å². The highest BCUT2D eigenvalue weighted by Gasteiger charge is 2.59. The number of carbonyl (C=O) groups excluding carboxylic acids is 2. The number of aliphatic carboxylic acids is 2. The van der Waals surface area contributed by atoms with E-state index >= 15 is 0 Å². The van der Waals surface area contributed by atoms with Gasteiger partial charge in [0, 0.05) is 6.54 Å². The van der Waals surface area contributed by atoms with Crippen LogP contribution in [0.15, 0.2) is 0 Å². The summed E-state index contributed by atoms with van der Waals surface area (Å²) < 4.78 is 0. The van der Waals surface area contributed by atoms with Crippen LogP contribution in [0.3, 0.4) is 0 Å². The third-order valence-electron chi connectivity index (χ3n) is 1.69. The van der Waals surface area contributed by atoms with Gasteiger partial charge in [-0.15, -0.1) is 0 Å². The fourth-order valence-corrected chi connectivity index (χ4v) is 0.902. The minimum atomic E-state index is -3.27. The number of carboxylic acid groups (broad SMARTS) is 2. The Morgan fingerprint density at radius 3 is 1.80 bits per heavy atom. The first-order chi connectivity index (χ1) is 6.81. The Morgan fingerprint density at radius 2 is 1.60 bits per heavy atom. The van der Waals surface area contributed by atoms with Gasteiger partial charge in [0.05, 0.1) is 0 Å². The van der Waals surface area contributed by atoms with Crippen LogP contribution < -0.4 is 11.1 Å². The fourth-order valence-electron chi connectivity index (χ4n) is 0.902. The molecule has 8 heteroatoms. The van der Waals surface area contributed by atoms with Crippen molar-refractivity contribution in [3.05, 3.63) is 0 Å². The molecule has 5 N–H and O–H groups in total. The van der Waals surface area contributed by atoms with Crippen LogP contribution in [-0.4, -0.2) is 40.5 Å². The van der Waals surface area contributed by atoms with E-state index in [0.717, 1.165) is 0 Å². The number of nitrogens with one attached hydrogen (secondary N) is 1. The first-order valence-electron chi connectivity index (χ1n) is 3.86. The molecule has 0 aliphatic rings. The van der Waals surface area contributed by atoms with Gasteiger partial charge in [-0.05, 0) is 6.92 Å². The van der Waals surface area contributed by atoms with Crippen molar-refractivity contribution in [2.75, 3.05) is 6.54 Å². The molecule has 0 saturated heterocycles. The maximum Gasteiger partial charge on any atom is 0.340 e. The zero-order valence-electron chi connectivity index (χ0n) is 7.81. The molecule has 0 aliphatic heterocycles. The van der Waals surface area contributed by atoms with Crippen molar-refractivity contribution in [2.24, 2.45) is 11.1 Å². The molecule has 0 aromatic rings. The maximum atomic E-state index is 11.2. The van der Waals surface area contributed by atoms with Crippen molar-refractivity contribution < 1.29 is 29.4 Å². The lowest BCUT2D eigenvalue weighted by atomic mass is 9.86. The second-order valence-electron chi connectivity index (χ2n) is 2.58. The van der Waals surface area contributed by atoms with Crippen molar-refractivity contribution in [1.29, 1.82) is 0 Å². The molecule has 0 aromatic heterocycles. The Balaban J connectivity index is 5.53. The summed E-state index contributed by atoms with van der Waals surface area (Å²) in [4.78, 5) is 43.4. The Morgan fingerprint density at radius 1 is 1.20 bits per heavy atom. The molecule has 0 aliphatic carbocycles. The SMILES string of the molecule is CCNC(=O)C(C(N)=O)(C(=O)O)C(=O)O. The molecule has 0 radical (unpaired) electrons. The summed E-state index contributed by atoms with van der Waals surface area (Å²) in [5.74, 6) is -7.44. The zero-order chi connectivity index (χ0) is 12.2. The van der Waals surface area contributed by atoms with Gasteiger partial charge >= 0.3 is 17.4 Å². The van der Waals surface area contributed by atoms with Gasteiger partial charge < -0.3 is 21.3 Å². The highest BCUT2D eigenvalue weighted by atomic mass is 16.4. The smallest absolute Gasteiger partial charge is 0.340 e. The van der Waals surface area contributed by atoms with Gasteiger partial charge in [-0.3, -0.25) is 9.59 Å². The monoisotopic (exact) mass is 218 g/mol. The third kappa shape index (κ3) is 1.87. The number of rotatable bonds is 5. The van der Waals surface area contributed by atoms with Crippen LogP contribution in [0.2, 0.25) is 0 Å². The van der Waals surface area contributed by atoms with E-state index in [1.807, 2.05) is 5.32 Å². The molecule has 0 bridgehead atoms. The second kappa shape index (κ2) is 4.40. The van der Waals surface area contributed by atoms with E-state index in [-0.39, 0.29) is 6.54 Å². The average molecular weight is 218 g/mol. The summed E-state index contributed by atoms with van der Waals surface area (Å²) in [5, 5.41) is 19.2. The normalized spacial score (nSPS) is 10.5. The van der Waals surface area contributed by atoms with Crippen LogP contribution in [0.5, 0.6) is 0 Å². The zero-order valence-corrected chi connectivity index (χ0v) is 7.81. The molecule has 0 fully saturated rings. The molecular formula is C7H10N2O6. The van der Waals surface area contributed by atoms with Crippen LogP contribution in [0.4, 0.5) is 0 Å². The van der Waals surface area contributed by atoms with Gasteiger partial charge in [-0.2, -0.15) is 0 Å². The van der Waals surface area contributed by atoms with Crippen LogP contribution >= 0.6 is 0 Å². The minimum Gasteiger partial charge on any atom is -0.480 e. The van der Waals surface area contributed by atoms with Crippen LogP contribution in [0, 0.1) is 5.41 Å². The van der Waals surface area contributed by atoms with Crippen molar-refractivity contribution in [1.82, 2.24) is 5.32 Å². The summed E-state index contributed by atoms with van der Waals surface area (Å²) >= 11 is 0. The van der Waals surface area contributed by atoms with Crippen molar-refractivity contribution in [3.8, 4) is 0 Å². The molecule has 0 saturated carbocycles. The van der Waals surface area contributed by atoms with E-state index in [4.69, 9.17) is 10.2 Å². The van der Waals surface area contributed by atoms with Crippen LogP contribution in [0.25, 0.3) is 0 Å². The van der Waals surface area contributed by atoms with Gasteiger partial charge in [-0.1, -0.05) is 0 Å². The predicted octanol–water partition coefficient (Wildman–Crippen LogP) is -2.24. The Labute approximate surface area is 84.1 Å². The molecule has 8 nitrogen and oxygen atoms in total. The molecular weight excluding hydrogens is 208 g/mol. The maximum absolute atomic E-state index is 11.2. The summed E-state index contributed by atoms with van der Waals surface area (Å²) in [7, 11) is 0. The molecule has 0 spiro atoms. The van der Waals surface area contributed by atoms with Crippen LogP contribution in [-0.2, 0) is 19.2 Å². The van der Waals surface area contributed by atoms with E-state index < -0.39 is 29.2 Å². The Bertz CT molecular complexity index is 287. The van der Waals surface area contributed by atoms with Crippen LogP contribution in [0.1, 0.15) is 6.92 Å². The molecule has 0 rings (SSSR count). The van der Waals surface area contributed by atoms with Gasteiger partial charge in [0.2, 0.25) is 0 Å². The first-order valence-corrected chi connectivity index (χ1v) is 3.86. The third-order valence-corrected chi connectivity index (χ3v) is 1.69. The topological polar surface area (TPSA) is 147 Å². The van der Waals surface area contributed by atoms with Gasteiger partial charge in [-0.25, -0.2) is 9.59 Å². The molecule has 0 aromatic carbocycles. The molecule has 84 valence electrons. The molecule has 0 atom stereocenters. The first kappa shape index (κ1) is 12.9. The number of carbonyl (C=O) groups is 4. The van der Waals surface area contributed by atoms with Gasteiger partial charge in [0.1, 0.15) is 0 Å². The predicted molar refractivity (Wildman–Crippen MR) is 45.6 cm³/mol. The summed E-state index contributed by atoms with van der Waals surface area (Å²) in [6, 6.07) is 0. The average Bonchev–Trinajstić information content (AvgIpc) is 2.02. The molecule has 0 unspecified atom stereocenters. The molecule has 2 amide bonds. The lowest BCUT2D eigenvalue weighted by Crippen LogP contribution is -2.59. The summed E-state index contributed by atoms with van der Waals surface area (Å²) in [6.07, 6.45) is 0. The molecule has 0 heterocycles. The lowest BCUT2D eigenvalue weighted by Gasteiger charge is -2.19. The quantitative estimate of drug-likeness (QED) is 0.384. The number of carboxylic acids is 2. The number of amides is 2. The largest absolute Gasteiger partial charge is 0.480 e. The Kier molecular flexibility index (Phi) is 3.78. The van der Waals surface area contributed by atoms with Gasteiger partial charge in [0.25, 0.3) is 11.8 Å². The van der Waals surface area contributed by atoms with E-state index in [1.54, 1.807) is 0 Å². The van der Waals surface area contributed by atoms with Crippen molar-refractivity contribution >= 4 is 23.8 Å². The van der Waals surface area contributed by atoms with Gasteiger partial charge in [0.15, 0.2) is 0 Å². The van der Waals surface area contributed by atoms with Crippen molar-refractivity contribution in [2.45, 2.75) is 6.92 Å². The standard InChI is InChI=1S/C7H10N2O6/c1-2-9-4(11)7(3(8)10,5(12)13)6(14)15/h2H2,1H3,(H2,8,10)(H,9,11)(H,12,13)(H,14,15). The molecule has 15 heavy (non-hydrogen) atoms. The Hall–Kier alpha value is -2.12. The van der Waals surface area contributed by atoms with E-state index in [2.05, 4.69) is 5.73 Å². The highest BCUT2D eigenvalue weighted by Crippen LogP contribution is 2.18. The number of hydrogen-bond acceptors (Lipinski definition) is 4. The van der Waals surface area contributed by atoms with E-state index in [0.29, 0.717) is 0 Å². The number of hydrogen-bond donors (Lipinski definition) is 4. The fraction of sp³-hybridized carbons (Fsp3) is 0.429. The number of primary amides is 1. The summed E-state index contributed by atoms with van der Waals surface area (Å²) in [5.41, 5.74) is 1.38.